The van der Waals surface area contributed by atoms with E-state index in [-0.39, 0.29) is 36.5 Å². The lowest BCUT2D eigenvalue weighted by Crippen LogP contribution is -2.45. The van der Waals surface area contributed by atoms with E-state index in [9.17, 15) is 21.6 Å². The predicted octanol–water partition coefficient (Wildman–Crippen LogP) is -1.15. The molecule has 0 aromatic carbocycles. The third-order valence-corrected chi connectivity index (χ3v) is 6.94. The molecule has 1 fully saturated rings. The van der Waals surface area contributed by atoms with Gasteiger partial charge in [-0.15, -0.1) is 0 Å². The second-order valence-corrected chi connectivity index (χ2v) is 10.5. The lowest BCUT2D eigenvalue weighted by atomic mass is 10.2. The van der Waals surface area contributed by atoms with Crippen molar-refractivity contribution < 1.29 is 21.6 Å². The highest BCUT2D eigenvalue weighted by molar-refractivity contribution is 7.91. The van der Waals surface area contributed by atoms with Crippen LogP contribution in [-0.2, 0) is 24.7 Å². The Morgan fingerprint density at radius 3 is 2.22 bits per heavy atom. The average Bonchev–Trinajstić information content (AvgIpc) is 2.75. The molecule has 1 rings (SSSR count). The second kappa shape index (κ2) is 7.91. The third kappa shape index (κ3) is 6.74. The van der Waals surface area contributed by atoms with Gasteiger partial charge in [0.05, 0.1) is 24.3 Å². The number of likely N-dealkylation sites (N-methyl/N-ethyl adjacent to an activating group) is 1. The maximum absolute atomic E-state index is 12.3. The number of hydrogen-bond acceptors (Lipinski definition) is 6. The highest BCUT2D eigenvalue weighted by atomic mass is 32.2. The fraction of sp³-hybridized carbons (Fsp3) is 0.923. The first-order chi connectivity index (χ1) is 10.4. The van der Waals surface area contributed by atoms with Crippen LogP contribution in [0.15, 0.2) is 0 Å². The maximum Gasteiger partial charge on any atom is 0.237 e. The number of sulfone groups is 1. The molecule has 1 amide bonds. The molecule has 0 spiro atoms. The number of nitrogens with zero attached hydrogens (tertiary/aromatic N) is 3. The smallest absolute Gasteiger partial charge is 0.237 e. The van der Waals surface area contributed by atoms with Gasteiger partial charge < -0.3 is 9.80 Å². The van der Waals surface area contributed by atoms with Crippen LogP contribution in [0, 0.1) is 0 Å². The van der Waals surface area contributed by atoms with E-state index >= 15 is 0 Å². The van der Waals surface area contributed by atoms with E-state index in [4.69, 9.17) is 0 Å². The van der Waals surface area contributed by atoms with E-state index in [1.54, 1.807) is 0 Å². The Bertz CT molecular complexity index is 616. The van der Waals surface area contributed by atoms with E-state index in [1.807, 2.05) is 19.0 Å². The van der Waals surface area contributed by atoms with Crippen LogP contribution in [0.25, 0.3) is 0 Å². The molecule has 0 aromatic rings. The van der Waals surface area contributed by atoms with Gasteiger partial charge in [0.15, 0.2) is 9.84 Å². The van der Waals surface area contributed by atoms with E-state index < -0.39 is 19.9 Å². The summed E-state index contributed by atoms with van der Waals surface area (Å²) in [6.45, 7) is 0.732. The standard InChI is InChI=1S/C13H27N3O5S2/c1-14(2)7-5-8-16(22(4,18)19)10-13(17)15(3)12-6-9-23(20,21)11-12/h12H,5-11H2,1-4H3. The van der Waals surface area contributed by atoms with E-state index in [2.05, 4.69) is 0 Å². The summed E-state index contributed by atoms with van der Waals surface area (Å²) in [7, 11) is -1.25. The zero-order valence-corrected chi connectivity index (χ0v) is 15.9. The fourth-order valence-corrected chi connectivity index (χ4v) is 5.05. The molecular formula is C13H27N3O5S2. The van der Waals surface area contributed by atoms with Gasteiger partial charge in [0.2, 0.25) is 15.9 Å². The molecule has 1 atom stereocenters. The van der Waals surface area contributed by atoms with Crippen molar-refractivity contribution in [2.24, 2.45) is 0 Å². The average molecular weight is 370 g/mol. The molecule has 8 nitrogen and oxygen atoms in total. The van der Waals surface area contributed by atoms with E-state index in [0.717, 1.165) is 17.1 Å². The van der Waals surface area contributed by atoms with E-state index in [0.29, 0.717) is 12.8 Å². The Labute approximate surface area is 139 Å². The molecule has 0 saturated carbocycles. The predicted molar refractivity (Wildman–Crippen MR) is 89.4 cm³/mol. The van der Waals surface area contributed by atoms with Gasteiger partial charge in [-0.3, -0.25) is 4.79 Å². The molecule has 0 radical (unpaired) electrons. The number of sulfonamides is 1. The zero-order valence-electron chi connectivity index (χ0n) is 14.2. The Hall–Kier alpha value is -0.710. The number of hydrogen-bond donors (Lipinski definition) is 0. The molecule has 10 heteroatoms. The molecular weight excluding hydrogens is 342 g/mol. The first-order valence-electron chi connectivity index (χ1n) is 7.48. The summed E-state index contributed by atoms with van der Waals surface area (Å²) in [5.41, 5.74) is 0. The molecule has 0 aliphatic carbocycles. The van der Waals surface area contributed by atoms with Crippen molar-refractivity contribution in [2.45, 2.75) is 18.9 Å². The lowest BCUT2D eigenvalue weighted by Gasteiger charge is -2.27. The van der Waals surface area contributed by atoms with Crippen LogP contribution in [0.4, 0.5) is 0 Å². The summed E-state index contributed by atoms with van der Waals surface area (Å²) in [4.78, 5) is 15.6. The fourth-order valence-electron chi connectivity index (χ4n) is 2.47. The van der Waals surface area contributed by atoms with Gasteiger partial charge in [0.1, 0.15) is 0 Å². The first kappa shape index (κ1) is 20.3. The summed E-state index contributed by atoms with van der Waals surface area (Å²) >= 11 is 0. The number of amides is 1. The van der Waals surface area contributed by atoms with Gasteiger partial charge in [0.25, 0.3) is 0 Å². The monoisotopic (exact) mass is 369 g/mol. The number of rotatable bonds is 8. The molecule has 1 saturated heterocycles. The molecule has 23 heavy (non-hydrogen) atoms. The van der Waals surface area contributed by atoms with Gasteiger partial charge in [0, 0.05) is 19.6 Å². The van der Waals surface area contributed by atoms with Crippen LogP contribution in [0.2, 0.25) is 0 Å². The van der Waals surface area contributed by atoms with Crippen molar-refractivity contribution in [3.63, 3.8) is 0 Å². The van der Waals surface area contributed by atoms with Crippen molar-refractivity contribution in [3.05, 3.63) is 0 Å². The topological polar surface area (TPSA) is 95.1 Å². The number of carbonyl (C=O) groups excluding carboxylic acids is 1. The molecule has 136 valence electrons. The van der Waals surface area contributed by atoms with Crippen LogP contribution in [0.3, 0.4) is 0 Å². The second-order valence-electron chi connectivity index (χ2n) is 6.31. The SMILES string of the molecule is CN(C)CCCN(CC(=O)N(C)C1CCS(=O)(=O)C1)S(C)(=O)=O. The zero-order chi connectivity index (χ0) is 17.8. The van der Waals surface area contributed by atoms with Crippen LogP contribution >= 0.6 is 0 Å². The summed E-state index contributed by atoms with van der Waals surface area (Å²) in [6, 6.07) is -0.365. The molecule has 1 aliphatic heterocycles. The van der Waals surface area contributed by atoms with Crippen molar-refractivity contribution in [3.8, 4) is 0 Å². The Morgan fingerprint density at radius 2 is 1.78 bits per heavy atom. The van der Waals surface area contributed by atoms with Crippen LogP contribution < -0.4 is 0 Å². The minimum absolute atomic E-state index is 0.0469. The van der Waals surface area contributed by atoms with Gasteiger partial charge >= 0.3 is 0 Å². The van der Waals surface area contributed by atoms with Gasteiger partial charge in [-0.25, -0.2) is 16.8 Å². The summed E-state index contributed by atoms with van der Waals surface area (Å²) in [5, 5.41) is 0. The van der Waals surface area contributed by atoms with Crippen LogP contribution in [0.5, 0.6) is 0 Å². The lowest BCUT2D eigenvalue weighted by molar-refractivity contribution is -0.131. The normalized spacial score (nSPS) is 21.0. The minimum atomic E-state index is -3.49. The van der Waals surface area contributed by atoms with Crippen molar-refractivity contribution in [1.29, 1.82) is 0 Å². The van der Waals surface area contributed by atoms with Crippen LogP contribution in [-0.4, -0.2) is 101 Å². The maximum atomic E-state index is 12.3. The minimum Gasteiger partial charge on any atom is -0.341 e. The largest absolute Gasteiger partial charge is 0.341 e. The Kier molecular flexibility index (Phi) is 6.99. The van der Waals surface area contributed by atoms with Crippen molar-refractivity contribution in [2.75, 3.05) is 58.5 Å². The third-order valence-electron chi connectivity index (χ3n) is 3.94. The van der Waals surface area contributed by atoms with E-state index in [1.165, 1.54) is 11.9 Å². The first-order valence-corrected chi connectivity index (χ1v) is 11.2. The molecule has 0 N–H and O–H groups in total. The quantitative estimate of drug-likeness (QED) is 0.536. The van der Waals surface area contributed by atoms with Gasteiger partial charge in [-0.05, 0) is 33.5 Å². The molecule has 1 aliphatic rings. The number of carbonyl (C=O) groups is 1. The summed E-state index contributed by atoms with van der Waals surface area (Å²) in [6.07, 6.45) is 2.11. The highest BCUT2D eigenvalue weighted by Gasteiger charge is 2.33. The van der Waals surface area contributed by atoms with Gasteiger partial charge in [-0.2, -0.15) is 4.31 Å². The van der Waals surface area contributed by atoms with Gasteiger partial charge in [-0.1, -0.05) is 0 Å². The van der Waals surface area contributed by atoms with Crippen LogP contribution in [0.1, 0.15) is 12.8 Å². The Balaban J connectivity index is 2.66. The van der Waals surface area contributed by atoms with Crippen molar-refractivity contribution >= 4 is 25.8 Å². The molecule has 1 unspecified atom stereocenters. The summed E-state index contributed by atoms with van der Waals surface area (Å²) < 4.78 is 47.8. The molecule has 0 bridgehead atoms. The Morgan fingerprint density at radius 1 is 1.17 bits per heavy atom. The summed E-state index contributed by atoms with van der Waals surface area (Å²) in [5.74, 6) is -0.342. The van der Waals surface area contributed by atoms with Crippen molar-refractivity contribution in [1.82, 2.24) is 14.1 Å². The highest BCUT2D eigenvalue weighted by Crippen LogP contribution is 2.17. The molecule has 1 heterocycles. The molecule has 0 aromatic heterocycles.